The number of rotatable bonds is 0. The molecular formula is C8H32Br4N4. The fourth-order valence-corrected chi connectivity index (χ4v) is 0. The molecule has 112 valence electrons. The Kier molecular flexibility index (Phi) is 411. The van der Waals surface area contributed by atoms with Crippen LogP contribution < -0.4 is 22.9 Å². The fraction of sp³-hybridized carbons (Fsp3) is 1.00. The van der Waals surface area contributed by atoms with E-state index in [9.17, 15) is 0 Å². The minimum absolute atomic E-state index is 0. The molecule has 0 bridgehead atoms. The molecule has 0 aliphatic heterocycles. The van der Waals surface area contributed by atoms with Crippen molar-refractivity contribution in [3.63, 3.8) is 0 Å². The van der Waals surface area contributed by atoms with Crippen molar-refractivity contribution in [3.05, 3.63) is 0 Å². The van der Waals surface area contributed by atoms with Crippen molar-refractivity contribution in [3.8, 4) is 0 Å². The third-order valence-electron chi connectivity index (χ3n) is 0. The topological polar surface area (TPSA) is 104 Å². The van der Waals surface area contributed by atoms with Gasteiger partial charge in [0.2, 0.25) is 0 Å². The summed E-state index contributed by atoms with van der Waals surface area (Å²) in [6.07, 6.45) is 0. The van der Waals surface area contributed by atoms with Crippen LogP contribution in [0.2, 0.25) is 0 Å². The van der Waals surface area contributed by atoms with Crippen LogP contribution in [0.4, 0.5) is 0 Å². The summed E-state index contributed by atoms with van der Waals surface area (Å²) in [5.41, 5.74) is 19.4. The monoisotopic (exact) mass is 500 g/mol. The maximum Gasteiger partial charge on any atom is -0.0106 e. The number of nitrogens with two attached hydrogens (primary N) is 4. The molecule has 0 aromatic heterocycles. The van der Waals surface area contributed by atoms with Crippen molar-refractivity contribution in [2.75, 3.05) is 26.2 Å². The maximum atomic E-state index is 4.85. The van der Waals surface area contributed by atoms with Crippen LogP contribution in [0, 0.1) is 0 Å². The zero-order valence-corrected chi connectivity index (χ0v) is 17.6. The highest BCUT2D eigenvalue weighted by atomic mass is 79.9. The first-order valence-electron chi connectivity index (χ1n) is 4.46. The summed E-state index contributed by atoms with van der Waals surface area (Å²) in [5, 5.41) is 0. The van der Waals surface area contributed by atoms with E-state index >= 15 is 0 Å². The first-order valence-corrected chi connectivity index (χ1v) is 4.46. The van der Waals surface area contributed by atoms with Gasteiger partial charge in [-0.15, -0.1) is 67.9 Å². The van der Waals surface area contributed by atoms with Gasteiger partial charge in [-0.05, 0) is 26.2 Å². The van der Waals surface area contributed by atoms with Crippen molar-refractivity contribution >= 4 is 67.9 Å². The van der Waals surface area contributed by atoms with Crippen LogP contribution in [-0.4, -0.2) is 26.2 Å². The molecule has 0 heterocycles. The number of hydrogen-bond donors (Lipinski definition) is 4. The molecule has 0 rings (SSSR count). The van der Waals surface area contributed by atoms with Gasteiger partial charge in [0.25, 0.3) is 0 Å². The molecule has 0 aromatic carbocycles. The van der Waals surface area contributed by atoms with E-state index in [1.165, 1.54) is 0 Å². The Morgan fingerprint density at radius 2 is 0.438 bits per heavy atom. The van der Waals surface area contributed by atoms with Gasteiger partial charge in [-0.3, -0.25) is 0 Å². The summed E-state index contributed by atoms with van der Waals surface area (Å²) in [5.74, 6) is 0. The molecule has 4 nitrogen and oxygen atoms in total. The van der Waals surface area contributed by atoms with E-state index in [4.69, 9.17) is 22.9 Å². The molecular weight excluding hydrogens is 472 g/mol. The van der Waals surface area contributed by atoms with E-state index in [0.717, 1.165) is 26.2 Å². The van der Waals surface area contributed by atoms with Gasteiger partial charge in [0.05, 0.1) is 0 Å². The molecule has 0 aromatic rings. The molecule has 8 N–H and O–H groups in total. The average molecular weight is 504 g/mol. The lowest BCUT2D eigenvalue weighted by atomic mass is 10.8. The highest BCUT2D eigenvalue weighted by Gasteiger charge is 1.33. The van der Waals surface area contributed by atoms with E-state index in [0.29, 0.717) is 0 Å². The third kappa shape index (κ3) is 1110. The van der Waals surface area contributed by atoms with Gasteiger partial charge in [-0.25, -0.2) is 0 Å². The van der Waals surface area contributed by atoms with Crippen molar-refractivity contribution < 1.29 is 0 Å². The van der Waals surface area contributed by atoms with Gasteiger partial charge in [0.15, 0.2) is 0 Å². The second-order valence-corrected chi connectivity index (χ2v) is 1.63. The highest BCUT2D eigenvalue weighted by Crippen LogP contribution is 1.21. The summed E-state index contributed by atoms with van der Waals surface area (Å²) in [6, 6.07) is 0. The molecule has 0 saturated carbocycles. The van der Waals surface area contributed by atoms with Crippen molar-refractivity contribution in [1.82, 2.24) is 0 Å². The Labute approximate surface area is 144 Å². The van der Waals surface area contributed by atoms with Gasteiger partial charge in [-0.2, -0.15) is 0 Å². The summed E-state index contributed by atoms with van der Waals surface area (Å²) in [7, 11) is 0. The second kappa shape index (κ2) is 125. The van der Waals surface area contributed by atoms with Crippen LogP contribution in [0.1, 0.15) is 27.7 Å². The van der Waals surface area contributed by atoms with Gasteiger partial charge in [-0.1, -0.05) is 27.7 Å². The Bertz CT molecular complexity index is 32.0. The van der Waals surface area contributed by atoms with Crippen LogP contribution in [-0.2, 0) is 0 Å². The zero-order chi connectivity index (χ0) is 10.8. The van der Waals surface area contributed by atoms with Crippen molar-refractivity contribution in [2.45, 2.75) is 27.7 Å². The summed E-state index contributed by atoms with van der Waals surface area (Å²) >= 11 is 0. The van der Waals surface area contributed by atoms with E-state index in [1.54, 1.807) is 0 Å². The molecule has 0 unspecified atom stereocenters. The van der Waals surface area contributed by atoms with Crippen molar-refractivity contribution in [2.24, 2.45) is 22.9 Å². The molecule has 0 radical (unpaired) electrons. The van der Waals surface area contributed by atoms with Gasteiger partial charge < -0.3 is 22.9 Å². The maximum absolute atomic E-state index is 4.85. The second-order valence-electron chi connectivity index (χ2n) is 1.63. The summed E-state index contributed by atoms with van der Waals surface area (Å²) < 4.78 is 0. The SMILES string of the molecule is Br.Br.Br.Br.CCN.CCN.CCN.CCN. The Balaban J connectivity index is -0.00000000821. The summed E-state index contributed by atoms with van der Waals surface area (Å²) in [6.45, 7) is 10.6. The lowest BCUT2D eigenvalue weighted by Gasteiger charge is -1.53. The Morgan fingerprint density at radius 3 is 0.438 bits per heavy atom. The predicted molar refractivity (Wildman–Crippen MR) is 100 cm³/mol. The summed E-state index contributed by atoms with van der Waals surface area (Å²) in [4.78, 5) is 0. The standard InChI is InChI=1S/4C2H7N.4BrH/c4*1-2-3;;;;/h4*2-3H2,1H3;4*1H. The fourth-order valence-electron chi connectivity index (χ4n) is 0. The average Bonchev–Trinajstić information content (AvgIpc) is 1.92. The van der Waals surface area contributed by atoms with Crippen molar-refractivity contribution in [1.29, 1.82) is 0 Å². The molecule has 0 atom stereocenters. The smallest absolute Gasteiger partial charge is 0.0106 e. The number of hydrogen-bond acceptors (Lipinski definition) is 4. The Hall–Kier alpha value is 1.76. The highest BCUT2D eigenvalue weighted by molar-refractivity contribution is 8.93. The molecule has 0 spiro atoms. The largest absolute Gasteiger partial charge is 0.331 e. The van der Waals surface area contributed by atoms with Crippen LogP contribution in [0.25, 0.3) is 0 Å². The van der Waals surface area contributed by atoms with Crippen LogP contribution >= 0.6 is 67.9 Å². The molecule has 16 heavy (non-hydrogen) atoms. The molecule has 0 fully saturated rings. The first kappa shape index (κ1) is 52.4. The third-order valence-corrected chi connectivity index (χ3v) is 0. The van der Waals surface area contributed by atoms with E-state index in [1.807, 2.05) is 27.7 Å². The van der Waals surface area contributed by atoms with E-state index in [-0.39, 0.29) is 67.9 Å². The normalized spacial score (nSPS) is 4.50. The number of halogens is 4. The van der Waals surface area contributed by atoms with E-state index in [2.05, 4.69) is 0 Å². The molecule has 0 aliphatic rings. The van der Waals surface area contributed by atoms with Crippen LogP contribution in [0.3, 0.4) is 0 Å². The van der Waals surface area contributed by atoms with E-state index < -0.39 is 0 Å². The van der Waals surface area contributed by atoms with Crippen LogP contribution in [0.15, 0.2) is 0 Å². The van der Waals surface area contributed by atoms with Gasteiger partial charge >= 0.3 is 0 Å². The van der Waals surface area contributed by atoms with Gasteiger partial charge in [0, 0.05) is 0 Å². The molecule has 0 amide bonds. The predicted octanol–water partition coefficient (Wildman–Crippen LogP) is 2.17. The molecule has 0 saturated heterocycles. The minimum Gasteiger partial charge on any atom is -0.331 e. The lowest BCUT2D eigenvalue weighted by Crippen LogP contribution is -1.87. The minimum atomic E-state index is 0. The molecule has 0 aliphatic carbocycles. The Morgan fingerprint density at radius 1 is 0.438 bits per heavy atom. The quantitative estimate of drug-likeness (QED) is 0.407. The van der Waals surface area contributed by atoms with Crippen LogP contribution in [0.5, 0.6) is 0 Å². The molecule has 8 heteroatoms. The van der Waals surface area contributed by atoms with Gasteiger partial charge in [0.1, 0.15) is 0 Å². The first-order chi connectivity index (χ1) is 5.66. The zero-order valence-electron chi connectivity index (χ0n) is 10.8. The lowest BCUT2D eigenvalue weighted by molar-refractivity contribution is 1.14.